The summed E-state index contributed by atoms with van der Waals surface area (Å²) < 4.78 is 7.39. The molecule has 0 atom stereocenters. The molecule has 1 aromatic heterocycles. The van der Waals surface area contributed by atoms with Crippen molar-refractivity contribution in [2.75, 3.05) is 25.5 Å². The Balaban J connectivity index is 1.99. The van der Waals surface area contributed by atoms with Crippen LogP contribution in [0.2, 0.25) is 0 Å². The highest BCUT2D eigenvalue weighted by Gasteiger charge is 2.06. The minimum absolute atomic E-state index is 0.135. The molecule has 0 aliphatic heterocycles. The molecular formula is C19H27N5O2. The van der Waals surface area contributed by atoms with Gasteiger partial charge in [0.05, 0.1) is 19.3 Å². The second-order valence-corrected chi connectivity index (χ2v) is 5.76. The topological polar surface area (TPSA) is 79.7 Å². The molecular weight excluding hydrogens is 330 g/mol. The Morgan fingerprint density at radius 2 is 2.00 bits per heavy atom. The number of hydrogen-bond donors (Lipinski definition) is 3. The predicted octanol–water partition coefficient (Wildman–Crippen LogP) is 2.21. The standard InChI is InChI=1S/C19H27N5O2/c1-4-20-19(21-9-12-24-10-5-6-11-24)22-14-16-7-8-18(26-3)17(13-16)23-15(2)25/h5-8,10-11,13H,4,9,12,14H2,1-3H3,(H,23,25)(H2,20,21,22). The van der Waals surface area contributed by atoms with Crippen LogP contribution in [-0.2, 0) is 17.9 Å². The van der Waals surface area contributed by atoms with E-state index in [1.165, 1.54) is 6.92 Å². The Bertz CT molecular complexity index is 726. The van der Waals surface area contributed by atoms with Crippen LogP contribution >= 0.6 is 0 Å². The molecule has 1 heterocycles. The lowest BCUT2D eigenvalue weighted by molar-refractivity contribution is -0.114. The van der Waals surface area contributed by atoms with E-state index in [1.54, 1.807) is 7.11 Å². The molecule has 0 saturated carbocycles. The summed E-state index contributed by atoms with van der Waals surface area (Å²) in [5, 5.41) is 9.34. The zero-order valence-electron chi connectivity index (χ0n) is 15.6. The lowest BCUT2D eigenvalue weighted by Gasteiger charge is -2.13. The summed E-state index contributed by atoms with van der Waals surface area (Å²) >= 11 is 0. The maximum atomic E-state index is 11.3. The zero-order valence-corrected chi connectivity index (χ0v) is 15.6. The highest BCUT2D eigenvalue weighted by molar-refractivity contribution is 5.90. The van der Waals surface area contributed by atoms with E-state index in [2.05, 4.69) is 25.5 Å². The van der Waals surface area contributed by atoms with Crippen molar-refractivity contribution in [2.45, 2.75) is 26.9 Å². The van der Waals surface area contributed by atoms with E-state index < -0.39 is 0 Å². The van der Waals surface area contributed by atoms with Crippen LogP contribution in [0, 0.1) is 0 Å². The Labute approximate surface area is 154 Å². The molecule has 0 fully saturated rings. The van der Waals surface area contributed by atoms with Gasteiger partial charge in [0.25, 0.3) is 0 Å². The molecule has 0 unspecified atom stereocenters. The maximum absolute atomic E-state index is 11.3. The van der Waals surface area contributed by atoms with Gasteiger partial charge in [0.15, 0.2) is 5.96 Å². The molecule has 0 saturated heterocycles. The second kappa shape index (κ2) is 10.1. The zero-order chi connectivity index (χ0) is 18.8. The monoisotopic (exact) mass is 357 g/mol. The summed E-state index contributed by atoms with van der Waals surface area (Å²) in [6.45, 7) is 6.44. The molecule has 0 bridgehead atoms. The molecule has 140 valence electrons. The number of methoxy groups -OCH3 is 1. The number of hydrogen-bond acceptors (Lipinski definition) is 3. The van der Waals surface area contributed by atoms with Gasteiger partial charge in [-0.15, -0.1) is 0 Å². The van der Waals surface area contributed by atoms with Gasteiger partial charge in [-0.25, -0.2) is 4.99 Å². The fourth-order valence-corrected chi connectivity index (χ4v) is 2.48. The smallest absolute Gasteiger partial charge is 0.221 e. The van der Waals surface area contributed by atoms with Crippen LogP contribution in [0.1, 0.15) is 19.4 Å². The van der Waals surface area contributed by atoms with Gasteiger partial charge in [-0.05, 0) is 36.8 Å². The van der Waals surface area contributed by atoms with Crippen molar-refractivity contribution >= 4 is 17.6 Å². The number of rotatable bonds is 8. The molecule has 1 amide bonds. The number of carbonyl (C=O) groups excluding carboxylic acids is 1. The van der Waals surface area contributed by atoms with E-state index in [1.807, 2.05) is 49.6 Å². The summed E-state index contributed by atoms with van der Waals surface area (Å²) in [5.74, 6) is 1.25. The number of guanidine groups is 1. The molecule has 0 radical (unpaired) electrons. The minimum atomic E-state index is -0.135. The fourth-order valence-electron chi connectivity index (χ4n) is 2.48. The van der Waals surface area contributed by atoms with Gasteiger partial charge in [0.1, 0.15) is 5.75 Å². The predicted molar refractivity (Wildman–Crippen MR) is 105 cm³/mol. The Morgan fingerprint density at radius 3 is 2.65 bits per heavy atom. The van der Waals surface area contributed by atoms with Crippen molar-refractivity contribution in [2.24, 2.45) is 4.99 Å². The Morgan fingerprint density at radius 1 is 1.23 bits per heavy atom. The number of nitrogens with one attached hydrogen (secondary N) is 3. The first-order valence-corrected chi connectivity index (χ1v) is 8.69. The van der Waals surface area contributed by atoms with E-state index in [4.69, 9.17) is 4.74 Å². The lowest BCUT2D eigenvalue weighted by Crippen LogP contribution is -2.38. The van der Waals surface area contributed by atoms with Crippen molar-refractivity contribution in [1.29, 1.82) is 0 Å². The molecule has 1 aromatic carbocycles. The van der Waals surface area contributed by atoms with Crippen molar-refractivity contribution in [3.05, 3.63) is 48.3 Å². The fraction of sp³-hybridized carbons (Fsp3) is 0.368. The van der Waals surface area contributed by atoms with Crippen LogP contribution in [0.15, 0.2) is 47.7 Å². The van der Waals surface area contributed by atoms with E-state index in [0.29, 0.717) is 18.0 Å². The number of carbonyl (C=O) groups is 1. The van der Waals surface area contributed by atoms with Crippen molar-refractivity contribution < 1.29 is 9.53 Å². The quantitative estimate of drug-likeness (QED) is 0.500. The number of benzene rings is 1. The molecule has 26 heavy (non-hydrogen) atoms. The summed E-state index contributed by atoms with van der Waals surface area (Å²) in [4.78, 5) is 16.0. The van der Waals surface area contributed by atoms with Gasteiger partial charge in [-0.1, -0.05) is 6.07 Å². The summed E-state index contributed by atoms with van der Waals surface area (Å²) in [6, 6.07) is 9.68. The SMILES string of the molecule is CCNC(=NCc1ccc(OC)c(NC(C)=O)c1)NCCn1cccc1. The molecule has 7 heteroatoms. The second-order valence-electron chi connectivity index (χ2n) is 5.76. The van der Waals surface area contributed by atoms with Crippen molar-refractivity contribution in [3.8, 4) is 5.75 Å². The number of ether oxygens (including phenoxy) is 1. The number of aliphatic imine (C=N–C) groups is 1. The average Bonchev–Trinajstić information content (AvgIpc) is 3.13. The number of amides is 1. The average molecular weight is 357 g/mol. The van der Waals surface area contributed by atoms with Crippen LogP contribution in [0.3, 0.4) is 0 Å². The number of aromatic nitrogens is 1. The van der Waals surface area contributed by atoms with Crippen LogP contribution in [0.5, 0.6) is 5.75 Å². The highest BCUT2D eigenvalue weighted by atomic mass is 16.5. The number of nitrogens with zero attached hydrogens (tertiary/aromatic N) is 2. The molecule has 2 aromatic rings. The van der Waals surface area contributed by atoms with E-state index in [9.17, 15) is 4.79 Å². The Hall–Kier alpha value is -2.96. The van der Waals surface area contributed by atoms with Gasteiger partial charge in [0, 0.05) is 39.0 Å². The lowest BCUT2D eigenvalue weighted by atomic mass is 10.2. The first kappa shape index (κ1) is 19.4. The van der Waals surface area contributed by atoms with Gasteiger partial charge >= 0.3 is 0 Å². The molecule has 2 rings (SSSR count). The molecule has 7 nitrogen and oxygen atoms in total. The third-order valence-corrected chi connectivity index (χ3v) is 3.67. The summed E-state index contributed by atoms with van der Waals surface area (Å²) in [7, 11) is 1.58. The first-order valence-electron chi connectivity index (χ1n) is 8.69. The Kier molecular flexibility index (Phi) is 7.54. The molecule has 0 spiro atoms. The maximum Gasteiger partial charge on any atom is 0.221 e. The van der Waals surface area contributed by atoms with Crippen LogP contribution in [0.25, 0.3) is 0 Å². The molecule has 0 aliphatic carbocycles. The number of anilines is 1. The van der Waals surface area contributed by atoms with Gasteiger partial charge in [0.2, 0.25) is 5.91 Å². The van der Waals surface area contributed by atoms with Crippen molar-refractivity contribution in [3.63, 3.8) is 0 Å². The normalized spacial score (nSPS) is 11.1. The van der Waals surface area contributed by atoms with E-state index in [-0.39, 0.29) is 5.91 Å². The van der Waals surface area contributed by atoms with E-state index >= 15 is 0 Å². The summed E-state index contributed by atoms with van der Waals surface area (Å²) in [6.07, 6.45) is 4.07. The summed E-state index contributed by atoms with van der Waals surface area (Å²) in [5.41, 5.74) is 1.63. The highest BCUT2D eigenvalue weighted by Crippen LogP contribution is 2.25. The first-order chi connectivity index (χ1) is 12.6. The third kappa shape index (κ3) is 6.16. The molecule has 3 N–H and O–H groups in total. The van der Waals surface area contributed by atoms with Crippen LogP contribution in [0.4, 0.5) is 5.69 Å². The van der Waals surface area contributed by atoms with E-state index in [0.717, 1.165) is 31.2 Å². The van der Waals surface area contributed by atoms with Gasteiger partial charge in [-0.3, -0.25) is 4.79 Å². The van der Waals surface area contributed by atoms with Gasteiger partial charge in [-0.2, -0.15) is 0 Å². The largest absolute Gasteiger partial charge is 0.495 e. The van der Waals surface area contributed by atoms with Crippen LogP contribution in [-0.4, -0.2) is 36.6 Å². The van der Waals surface area contributed by atoms with Gasteiger partial charge < -0.3 is 25.3 Å². The third-order valence-electron chi connectivity index (χ3n) is 3.67. The molecule has 0 aliphatic rings. The van der Waals surface area contributed by atoms with Crippen LogP contribution < -0.4 is 20.7 Å². The minimum Gasteiger partial charge on any atom is -0.495 e. The van der Waals surface area contributed by atoms with Crippen molar-refractivity contribution in [1.82, 2.24) is 15.2 Å².